The third-order valence-electron chi connectivity index (χ3n) is 2.34. The van der Waals surface area contributed by atoms with E-state index in [0.717, 1.165) is 16.4 Å². The Hall–Kier alpha value is -0.150. The molecule has 0 aromatic carbocycles. The lowest BCUT2D eigenvalue weighted by atomic mass is 10.0. The van der Waals surface area contributed by atoms with Crippen molar-refractivity contribution in [3.05, 3.63) is 10.0 Å². The summed E-state index contributed by atoms with van der Waals surface area (Å²) in [5.41, 5.74) is 0. The van der Waals surface area contributed by atoms with E-state index < -0.39 is 0 Å². The van der Waals surface area contributed by atoms with Gasteiger partial charge in [0, 0.05) is 5.92 Å². The standard InChI is InChI=1S/C10H17ClN2S/c1-3-5-6-8(4-2)10-13-12-9(7-11)14-10/h8H,3-7H2,1-2H3. The van der Waals surface area contributed by atoms with Crippen LogP contribution < -0.4 is 0 Å². The molecule has 0 amide bonds. The van der Waals surface area contributed by atoms with Gasteiger partial charge in [0.25, 0.3) is 0 Å². The van der Waals surface area contributed by atoms with E-state index >= 15 is 0 Å². The summed E-state index contributed by atoms with van der Waals surface area (Å²) in [4.78, 5) is 0. The Morgan fingerprint density at radius 3 is 2.64 bits per heavy atom. The lowest BCUT2D eigenvalue weighted by molar-refractivity contribution is 0.563. The summed E-state index contributed by atoms with van der Waals surface area (Å²) in [6.07, 6.45) is 4.90. The van der Waals surface area contributed by atoms with Crippen LogP contribution in [0.15, 0.2) is 0 Å². The largest absolute Gasteiger partial charge is 0.143 e. The highest BCUT2D eigenvalue weighted by atomic mass is 35.5. The van der Waals surface area contributed by atoms with Gasteiger partial charge in [-0.15, -0.1) is 21.8 Å². The van der Waals surface area contributed by atoms with Gasteiger partial charge in [-0.1, -0.05) is 38.0 Å². The molecule has 0 N–H and O–H groups in total. The summed E-state index contributed by atoms with van der Waals surface area (Å²) in [7, 11) is 0. The van der Waals surface area contributed by atoms with Crippen LogP contribution in [0.25, 0.3) is 0 Å². The van der Waals surface area contributed by atoms with E-state index in [1.807, 2.05) is 0 Å². The van der Waals surface area contributed by atoms with Crippen molar-refractivity contribution in [2.75, 3.05) is 0 Å². The fourth-order valence-electron chi connectivity index (χ4n) is 1.44. The summed E-state index contributed by atoms with van der Waals surface area (Å²) in [5, 5.41) is 10.3. The summed E-state index contributed by atoms with van der Waals surface area (Å²) in [6.45, 7) is 4.43. The van der Waals surface area contributed by atoms with Crippen molar-refractivity contribution in [3.63, 3.8) is 0 Å². The summed E-state index contributed by atoms with van der Waals surface area (Å²) in [5.74, 6) is 1.08. The van der Waals surface area contributed by atoms with E-state index in [9.17, 15) is 0 Å². The first kappa shape index (κ1) is 11.9. The van der Waals surface area contributed by atoms with Gasteiger partial charge >= 0.3 is 0 Å². The predicted molar refractivity (Wildman–Crippen MR) is 62.0 cm³/mol. The molecular weight excluding hydrogens is 216 g/mol. The van der Waals surface area contributed by atoms with Gasteiger partial charge in [0.15, 0.2) is 0 Å². The van der Waals surface area contributed by atoms with Crippen molar-refractivity contribution < 1.29 is 0 Å². The molecule has 1 unspecified atom stereocenters. The Morgan fingerprint density at radius 1 is 1.36 bits per heavy atom. The van der Waals surface area contributed by atoms with Crippen LogP contribution >= 0.6 is 22.9 Å². The molecule has 0 spiro atoms. The van der Waals surface area contributed by atoms with Crippen molar-refractivity contribution in [1.82, 2.24) is 10.2 Å². The second kappa shape index (κ2) is 6.36. The number of hydrogen-bond donors (Lipinski definition) is 0. The second-order valence-corrected chi connectivity index (χ2v) is 4.78. The minimum atomic E-state index is 0.488. The van der Waals surface area contributed by atoms with Gasteiger partial charge in [0.1, 0.15) is 10.0 Å². The number of unbranched alkanes of at least 4 members (excludes halogenated alkanes) is 1. The van der Waals surface area contributed by atoms with Gasteiger partial charge in [0.05, 0.1) is 5.88 Å². The zero-order chi connectivity index (χ0) is 10.4. The number of hydrogen-bond acceptors (Lipinski definition) is 3. The zero-order valence-electron chi connectivity index (χ0n) is 8.79. The van der Waals surface area contributed by atoms with E-state index in [1.54, 1.807) is 11.3 Å². The number of nitrogens with zero attached hydrogens (tertiary/aromatic N) is 2. The normalized spacial score (nSPS) is 13.1. The summed E-state index contributed by atoms with van der Waals surface area (Å²) < 4.78 is 0. The molecule has 1 aromatic rings. The quantitative estimate of drug-likeness (QED) is 0.694. The Labute approximate surface area is 94.7 Å². The van der Waals surface area contributed by atoms with Crippen molar-refractivity contribution >= 4 is 22.9 Å². The van der Waals surface area contributed by atoms with Gasteiger partial charge in [-0.3, -0.25) is 0 Å². The highest BCUT2D eigenvalue weighted by Gasteiger charge is 2.13. The maximum absolute atomic E-state index is 5.70. The van der Waals surface area contributed by atoms with E-state index in [1.165, 1.54) is 19.3 Å². The molecule has 2 nitrogen and oxygen atoms in total. The molecule has 0 fully saturated rings. The van der Waals surface area contributed by atoms with Crippen molar-refractivity contribution in [1.29, 1.82) is 0 Å². The Balaban J connectivity index is 2.58. The predicted octanol–water partition coefficient (Wildman–Crippen LogP) is 3.96. The summed E-state index contributed by atoms with van der Waals surface area (Å²) in [6, 6.07) is 0. The molecule has 80 valence electrons. The van der Waals surface area contributed by atoms with E-state index in [0.29, 0.717) is 11.8 Å². The first-order valence-electron chi connectivity index (χ1n) is 5.20. The monoisotopic (exact) mass is 232 g/mol. The molecular formula is C10H17ClN2S. The third kappa shape index (κ3) is 3.21. The zero-order valence-corrected chi connectivity index (χ0v) is 10.4. The average molecular weight is 233 g/mol. The van der Waals surface area contributed by atoms with Crippen LogP contribution in [0.4, 0.5) is 0 Å². The number of halogens is 1. The van der Waals surface area contributed by atoms with Crippen molar-refractivity contribution in [2.24, 2.45) is 0 Å². The van der Waals surface area contributed by atoms with Gasteiger partial charge < -0.3 is 0 Å². The second-order valence-electron chi connectivity index (χ2n) is 3.42. The molecule has 0 aliphatic carbocycles. The van der Waals surface area contributed by atoms with Crippen LogP contribution in [0, 0.1) is 0 Å². The molecule has 0 aliphatic heterocycles. The van der Waals surface area contributed by atoms with Crippen LogP contribution in [0.3, 0.4) is 0 Å². The van der Waals surface area contributed by atoms with Crippen molar-refractivity contribution in [2.45, 2.75) is 51.3 Å². The van der Waals surface area contributed by atoms with Crippen LogP contribution in [-0.2, 0) is 5.88 Å². The first-order valence-corrected chi connectivity index (χ1v) is 6.55. The maximum atomic E-state index is 5.70. The lowest BCUT2D eigenvalue weighted by Crippen LogP contribution is -1.96. The van der Waals surface area contributed by atoms with E-state index in [4.69, 9.17) is 11.6 Å². The Kier molecular flexibility index (Phi) is 5.41. The molecule has 0 saturated carbocycles. The number of aromatic nitrogens is 2. The molecule has 0 bridgehead atoms. The lowest BCUT2D eigenvalue weighted by Gasteiger charge is -2.09. The Bertz CT molecular complexity index is 262. The molecule has 1 aromatic heterocycles. The van der Waals surface area contributed by atoms with Gasteiger partial charge in [0.2, 0.25) is 0 Å². The van der Waals surface area contributed by atoms with Gasteiger partial charge in [-0.05, 0) is 12.8 Å². The highest BCUT2D eigenvalue weighted by Crippen LogP contribution is 2.28. The molecule has 4 heteroatoms. The minimum absolute atomic E-state index is 0.488. The molecule has 0 saturated heterocycles. The summed E-state index contributed by atoms with van der Waals surface area (Å²) >= 11 is 7.36. The van der Waals surface area contributed by atoms with Crippen molar-refractivity contribution in [3.8, 4) is 0 Å². The fraction of sp³-hybridized carbons (Fsp3) is 0.800. The molecule has 14 heavy (non-hydrogen) atoms. The fourth-order valence-corrected chi connectivity index (χ4v) is 2.57. The number of alkyl halides is 1. The van der Waals surface area contributed by atoms with Crippen LogP contribution in [0.5, 0.6) is 0 Å². The molecule has 1 heterocycles. The SMILES string of the molecule is CCCCC(CC)c1nnc(CCl)s1. The van der Waals surface area contributed by atoms with E-state index in [-0.39, 0.29) is 0 Å². The highest BCUT2D eigenvalue weighted by molar-refractivity contribution is 7.11. The van der Waals surface area contributed by atoms with Gasteiger partial charge in [-0.25, -0.2) is 0 Å². The molecule has 1 rings (SSSR count). The molecule has 0 radical (unpaired) electrons. The number of rotatable bonds is 6. The van der Waals surface area contributed by atoms with Crippen LogP contribution in [0.2, 0.25) is 0 Å². The third-order valence-corrected chi connectivity index (χ3v) is 3.84. The average Bonchev–Trinajstić information content (AvgIpc) is 2.68. The van der Waals surface area contributed by atoms with Gasteiger partial charge in [-0.2, -0.15) is 0 Å². The van der Waals surface area contributed by atoms with E-state index in [2.05, 4.69) is 24.0 Å². The van der Waals surface area contributed by atoms with Crippen LogP contribution in [0.1, 0.15) is 55.5 Å². The minimum Gasteiger partial charge on any atom is -0.143 e. The molecule has 0 aliphatic rings. The maximum Gasteiger partial charge on any atom is 0.132 e. The topological polar surface area (TPSA) is 25.8 Å². The first-order chi connectivity index (χ1) is 6.81. The Morgan fingerprint density at radius 2 is 2.14 bits per heavy atom. The smallest absolute Gasteiger partial charge is 0.132 e. The molecule has 1 atom stereocenters. The van der Waals surface area contributed by atoms with Crippen LogP contribution in [-0.4, -0.2) is 10.2 Å².